The Morgan fingerprint density at radius 3 is 2.70 bits per heavy atom. The number of carbonyl (C=O) groups is 2. The van der Waals surface area contributed by atoms with Crippen LogP contribution < -0.4 is 0 Å². The second kappa shape index (κ2) is 6.70. The minimum absolute atomic E-state index is 0.0365. The molecule has 0 spiro atoms. The predicted octanol–water partition coefficient (Wildman–Crippen LogP) is 3.33. The van der Waals surface area contributed by atoms with Crippen LogP contribution >= 0.6 is 11.6 Å². The molecule has 1 amide bonds. The number of piperidine rings is 1. The summed E-state index contributed by atoms with van der Waals surface area (Å²) in [6, 6.07) is 4.20. The van der Waals surface area contributed by atoms with Crippen LogP contribution in [0.2, 0.25) is 5.02 Å². The number of halogens is 2. The maximum atomic E-state index is 13.4. The molecule has 1 aliphatic heterocycles. The molecule has 0 atom stereocenters. The molecule has 1 aromatic carbocycles. The number of aromatic carboxylic acids is 1. The van der Waals surface area contributed by atoms with Gasteiger partial charge >= 0.3 is 5.97 Å². The molecule has 2 N–H and O–H groups in total. The molecule has 9 heteroatoms. The van der Waals surface area contributed by atoms with Gasteiger partial charge in [0.25, 0.3) is 5.91 Å². The van der Waals surface area contributed by atoms with Crippen molar-refractivity contribution in [2.75, 3.05) is 13.1 Å². The van der Waals surface area contributed by atoms with Crippen molar-refractivity contribution in [1.29, 1.82) is 0 Å². The molecule has 3 aromatic rings. The number of aromatic amines is 1. The fraction of sp³-hybridized carbons (Fsp3) is 0.278. The number of carbonyl (C=O) groups excluding carboxylic acids is 1. The first-order valence-corrected chi connectivity index (χ1v) is 8.85. The number of nitrogens with zero attached hydrogens (tertiary/aromatic N) is 3. The van der Waals surface area contributed by atoms with E-state index in [2.05, 4.69) is 10.1 Å². The lowest BCUT2D eigenvalue weighted by atomic mass is 10.0. The van der Waals surface area contributed by atoms with Gasteiger partial charge in [-0.05, 0) is 31.0 Å². The highest BCUT2D eigenvalue weighted by molar-refractivity contribution is 6.38. The average molecular weight is 391 g/mol. The number of likely N-dealkylation sites (tertiary alicyclic amines) is 1. The Balaban J connectivity index is 1.48. The number of rotatable bonds is 3. The number of carboxylic acids is 1. The highest BCUT2D eigenvalue weighted by Crippen LogP contribution is 2.30. The van der Waals surface area contributed by atoms with Crippen molar-refractivity contribution < 1.29 is 19.1 Å². The van der Waals surface area contributed by atoms with Crippen molar-refractivity contribution in [1.82, 2.24) is 19.7 Å². The van der Waals surface area contributed by atoms with Gasteiger partial charge in [0.1, 0.15) is 11.5 Å². The van der Waals surface area contributed by atoms with Gasteiger partial charge in [-0.3, -0.25) is 9.48 Å². The van der Waals surface area contributed by atoms with Gasteiger partial charge in [0, 0.05) is 30.2 Å². The van der Waals surface area contributed by atoms with Crippen LogP contribution in [0.5, 0.6) is 0 Å². The maximum Gasteiger partial charge on any atom is 0.338 e. The van der Waals surface area contributed by atoms with E-state index in [0.29, 0.717) is 36.8 Å². The molecule has 140 valence electrons. The van der Waals surface area contributed by atoms with Crippen LogP contribution in [0.3, 0.4) is 0 Å². The van der Waals surface area contributed by atoms with Gasteiger partial charge < -0.3 is 15.0 Å². The molecule has 27 heavy (non-hydrogen) atoms. The minimum Gasteiger partial charge on any atom is -0.478 e. The lowest BCUT2D eigenvalue weighted by Crippen LogP contribution is -2.39. The molecule has 1 saturated heterocycles. The number of nitrogens with one attached hydrogen (secondary N) is 1. The molecule has 0 aliphatic carbocycles. The van der Waals surface area contributed by atoms with E-state index in [4.69, 9.17) is 16.7 Å². The van der Waals surface area contributed by atoms with Gasteiger partial charge in [0.05, 0.1) is 22.8 Å². The van der Waals surface area contributed by atoms with Gasteiger partial charge in [-0.25, -0.2) is 9.18 Å². The fourth-order valence-corrected chi connectivity index (χ4v) is 3.70. The van der Waals surface area contributed by atoms with E-state index in [1.807, 2.05) is 0 Å². The smallest absolute Gasteiger partial charge is 0.338 e. The molecule has 0 unspecified atom stereocenters. The minimum atomic E-state index is -1.02. The Morgan fingerprint density at radius 1 is 1.30 bits per heavy atom. The van der Waals surface area contributed by atoms with Gasteiger partial charge in [-0.15, -0.1) is 0 Å². The Kier molecular flexibility index (Phi) is 4.35. The number of hydrogen-bond donors (Lipinski definition) is 2. The van der Waals surface area contributed by atoms with E-state index < -0.39 is 11.8 Å². The van der Waals surface area contributed by atoms with Gasteiger partial charge in [-0.1, -0.05) is 11.6 Å². The molecule has 3 heterocycles. The van der Waals surface area contributed by atoms with Crippen molar-refractivity contribution in [2.24, 2.45) is 0 Å². The van der Waals surface area contributed by atoms with Crippen molar-refractivity contribution in [3.05, 3.63) is 52.7 Å². The summed E-state index contributed by atoms with van der Waals surface area (Å²) in [6.45, 7) is 0.984. The summed E-state index contributed by atoms with van der Waals surface area (Å²) in [7, 11) is 0. The summed E-state index contributed by atoms with van der Waals surface area (Å²) in [5.41, 5.74) is 1.01. The number of carboxylic acid groups (broad SMARTS) is 1. The molecular weight excluding hydrogens is 375 g/mol. The van der Waals surface area contributed by atoms with E-state index in [1.165, 1.54) is 24.5 Å². The summed E-state index contributed by atoms with van der Waals surface area (Å²) < 4.78 is 15.1. The molecule has 0 radical (unpaired) electrons. The monoisotopic (exact) mass is 390 g/mol. The third kappa shape index (κ3) is 3.16. The SMILES string of the molecule is O=C(O)c1cnn(C2CCN(C(=O)c3[nH]c4ccc(F)cc4c3Cl)CC2)c1. The van der Waals surface area contributed by atoms with E-state index in [1.54, 1.807) is 15.6 Å². The Morgan fingerprint density at radius 2 is 2.04 bits per heavy atom. The summed E-state index contributed by atoms with van der Waals surface area (Å²) >= 11 is 6.29. The second-order valence-corrected chi connectivity index (χ2v) is 6.92. The van der Waals surface area contributed by atoms with E-state index in [0.717, 1.165) is 0 Å². The lowest BCUT2D eigenvalue weighted by Gasteiger charge is -2.32. The summed E-state index contributed by atoms with van der Waals surface area (Å²) in [4.78, 5) is 28.5. The van der Waals surface area contributed by atoms with Crippen LogP contribution in [0.25, 0.3) is 10.9 Å². The van der Waals surface area contributed by atoms with E-state index in [-0.39, 0.29) is 28.2 Å². The highest BCUT2D eigenvalue weighted by atomic mass is 35.5. The maximum absolute atomic E-state index is 13.4. The summed E-state index contributed by atoms with van der Waals surface area (Å²) in [6.07, 6.45) is 4.13. The Labute approximate surface area is 158 Å². The second-order valence-electron chi connectivity index (χ2n) is 6.54. The topological polar surface area (TPSA) is 91.2 Å². The van der Waals surface area contributed by atoms with Crippen molar-refractivity contribution in [3.63, 3.8) is 0 Å². The van der Waals surface area contributed by atoms with E-state index >= 15 is 0 Å². The first-order valence-electron chi connectivity index (χ1n) is 8.47. The third-order valence-corrected chi connectivity index (χ3v) is 5.28. The van der Waals surface area contributed by atoms with Crippen LogP contribution in [-0.4, -0.2) is 49.7 Å². The predicted molar refractivity (Wildman–Crippen MR) is 96.6 cm³/mol. The quantitative estimate of drug-likeness (QED) is 0.717. The Hall–Kier alpha value is -2.87. The molecular formula is C18H16ClFN4O3. The molecule has 7 nitrogen and oxygen atoms in total. The van der Waals surface area contributed by atoms with E-state index in [9.17, 15) is 14.0 Å². The lowest BCUT2D eigenvalue weighted by molar-refractivity contribution is 0.0684. The highest BCUT2D eigenvalue weighted by Gasteiger charge is 2.28. The number of aromatic nitrogens is 3. The number of H-pyrrole nitrogens is 1. The van der Waals surface area contributed by atoms with Crippen molar-refractivity contribution >= 4 is 34.4 Å². The molecule has 0 bridgehead atoms. The largest absolute Gasteiger partial charge is 0.478 e. The molecule has 0 saturated carbocycles. The van der Waals surface area contributed by atoms with Crippen molar-refractivity contribution in [2.45, 2.75) is 18.9 Å². The number of amides is 1. The fourth-order valence-electron chi connectivity index (χ4n) is 3.42. The first-order chi connectivity index (χ1) is 12.9. The normalized spacial score (nSPS) is 15.4. The zero-order chi connectivity index (χ0) is 19.1. The molecule has 4 rings (SSSR count). The molecule has 1 fully saturated rings. The average Bonchev–Trinajstić information content (AvgIpc) is 3.27. The van der Waals surface area contributed by atoms with Crippen LogP contribution in [-0.2, 0) is 0 Å². The van der Waals surface area contributed by atoms with Crippen LogP contribution in [0.1, 0.15) is 39.7 Å². The zero-order valence-electron chi connectivity index (χ0n) is 14.2. The summed E-state index contributed by atoms with van der Waals surface area (Å²) in [5, 5.41) is 13.8. The summed E-state index contributed by atoms with van der Waals surface area (Å²) in [5.74, 6) is -1.66. The van der Waals surface area contributed by atoms with Gasteiger partial charge in [-0.2, -0.15) is 5.10 Å². The zero-order valence-corrected chi connectivity index (χ0v) is 14.9. The van der Waals surface area contributed by atoms with Gasteiger partial charge in [0.15, 0.2) is 0 Å². The molecule has 1 aliphatic rings. The number of fused-ring (bicyclic) bond motifs is 1. The van der Waals surface area contributed by atoms with Crippen LogP contribution in [0, 0.1) is 5.82 Å². The number of hydrogen-bond acceptors (Lipinski definition) is 3. The standard InChI is InChI=1S/C18H16ClFN4O3/c19-15-13-7-11(20)1-2-14(13)22-16(15)17(25)23-5-3-12(4-6-23)24-9-10(8-21-24)18(26)27/h1-2,7-9,12,22H,3-6H2,(H,26,27). The van der Waals surface area contributed by atoms with Gasteiger partial charge in [0.2, 0.25) is 0 Å². The van der Waals surface area contributed by atoms with Crippen LogP contribution in [0.4, 0.5) is 4.39 Å². The first kappa shape index (κ1) is 17.5. The van der Waals surface area contributed by atoms with Crippen LogP contribution in [0.15, 0.2) is 30.6 Å². The number of benzene rings is 1. The molecule has 2 aromatic heterocycles. The third-order valence-electron chi connectivity index (χ3n) is 4.89. The van der Waals surface area contributed by atoms with Crippen molar-refractivity contribution in [3.8, 4) is 0 Å². The Bertz CT molecular complexity index is 1040.